The van der Waals surface area contributed by atoms with Crippen LogP contribution in [0.15, 0.2) is 18.2 Å². The minimum Gasteiger partial charge on any atom is -0.315 e. The van der Waals surface area contributed by atoms with Crippen LogP contribution in [-0.2, 0) is 6.54 Å². The second-order valence-corrected chi connectivity index (χ2v) is 5.49. The maximum absolute atomic E-state index is 6.18. The molecule has 1 aliphatic rings. The average Bonchev–Trinajstić information content (AvgIpc) is 2.35. The van der Waals surface area contributed by atoms with E-state index in [1.807, 2.05) is 18.2 Å². The molecule has 1 saturated heterocycles. The lowest BCUT2D eigenvalue weighted by Crippen LogP contribution is -2.43. The van der Waals surface area contributed by atoms with E-state index in [0.29, 0.717) is 6.04 Å². The Balaban J connectivity index is 0.00000162. The maximum atomic E-state index is 6.18. The van der Waals surface area contributed by atoms with Crippen molar-refractivity contribution < 1.29 is 0 Å². The first-order valence-electron chi connectivity index (χ1n) is 6.01. The maximum Gasteiger partial charge on any atom is 0.0452 e. The summed E-state index contributed by atoms with van der Waals surface area (Å²) in [5.74, 6) is 0. The Kier molecular flexibility index (Phi) is 6.75. The van der Waals surface area contributed by atoms with Crippen molar-refractivity contribution in [1.82, 2.24) is 10.2 Å². The van der Waals surface area contributed by atoms with Gasteiger partial charge in [-0.2, -0.15) is 0 Å². The lowest BCUT2D eigenvalue weighted by molar-refractivity contribution is 0.196. The van der Waals surface area contributed by atoms with Crippen LogP contribution in [0.3, 0.4) is 0 Å². The number of piperidine rings is 1. The van der Waals surface area contributed by atoms with Crippen LogP contribution in [0.2, 0.25) is 10.0 Å². The van der Waals surface area contributed by atoms with Crippen LogP contribution in [0, 0.1) is 0 Å². The number of nitrogens with one attached hydrogen (secondary N) is 1. The summed E-state index contributed by atoms with van der Waals surface area (Å²) in [5, 5.41) is 4.97. The third kappa shape index (κ3) is 4.29. The zero-order valence-electron chi connectivity index (χ0n) is 10.5. The van der Waals surface area contributed by atoms with Crippen molar-refractivity contribution in [3.8, 4) is 0 Å². The van der Waals surface area contributed by atoms with E-state index in [9.17, 15) is 0 Å². The van der Waals surface area contributed by atoms with Crippen molar-refractivity contribution >= 4 is 35.6 Å². The minimum atomic E-state index is 0. The first kappa shape index (κ1) is 16.1. The summed E-state index contributed by atoms with van der Waals surface area (Å²) < 4.78 is 0. The van der Waals surface area contributed by atoms with Gasteiger partial charge in [-0.25, -0.2) is 0 Å². The van der Waals surface area contributed by atoms with Crippen LogP contribution in [0.25, 0.3) is 0 Å². The van der Waals surface area contributed by atoms with Crippen LogP contribution in [0.5, 0.6) is 0 Å². The Labute approximate surface area is 125 Å². The van der Waals surface area contributed by atoms with Gasteiger partial charge in [-0.15, -0.1) is 12.4 Å². The van der Waals surface area contributed by atoms with Gasteiger partial charge in [0.25, 0.3) is 0 Å². The Hall–Kier alpha value is 0.01000. The summed E-state index contributed by atoms with van der Waals surface area (Å²) in [7, 11) is 2.15. The number of nitrogens with zero attached hydrogens (tertiary/aromatic N) is 1. The van der Waals surface area contributed by atoms with Crippen molar-refractivity contribution in [2.24, 2.45) is 0 Å². The fourth-order valence-electron chi connectivity index (χ4n) is 2.27. The van der Waals surface area contributed by atoms with Crippen LogP contribution < -0.4 is 5.32 Å². The molecule has 1 fully saturated rings. The molecule has 1 heterocycles. The molecule has 0 bridgehead atoms. The number of halogens is 3. The molecule has 0 spiro atoms. The van der Waals surface area contributed by atoms with Crippen LogP contribution >= 0.6 is 35.6 Å². The summed E-state index contributed by atoms with van der Waals surface area (Å²) in [6.07, 6.45) is 2.50. The zero-order chi connectivity index (χ0) is 12.3. The molecule has 0 aromatic heterocycles. The van der Waals surface area contributed by atoms with Crippen molar-refractivity contribution in [3.05, 3.63) is 33.8 Å². The highest BCUT2D eigenvalue weighted by Gasteiger charge is 2.18. The molecule has 1 atom stereocenters. The van der Waals surface area contributed by atoms with Gasteiger partial charge in [-0.1, -0.05) is 23.2 Å². The first-order valence-corrected chi connectivity index (χ1v) is 6.77. The van der Waals surface area contributed by atoms with E-state index in [4.69, 9.17) is 23.2 Å². The lowest BCUT2D eigenvalue weighted by Gasteiger charge is -2.31. The molecule has 1 aliphatic heterocycles. The smallest absolute Gasteiger partial charge is 0.0452 e. The first-order chi connectivity index (χ1) is 8.16. The van der Waals surface area contributed by atoms with Gasteiger partial charge in [0.1, 0.15) is 0 Å². The van der Waals surface area contributed by atoms with Gasteiger partial charge in [-0.05, 0) is 50.2 Å². The normalized spacial score (nSPS) is 19.7. The average molecular weight is 310 g/mol. The molecule has 102 valence electrons. The third-order valence-electron chi connectivity index (χ3n) is 3.32. The highest BCUT2D eigenvalue weighted by atomic mass is 35.5. The van der Waals surface area contributed by atoms with Gasteiger partial charge in [0.15, 0.2) is 0 Å². The minimum absolute atomic E-state index is 0. The number of benzene rings is 1. The van der Waals surface area contributed by atoms with Crippen LogP contribution in [0.1, 0.15) is 18.4 Å². The molecule has 0 saturated carbocycles. The van der Waals surface area contributed by atoms with E-state index in [2.05, 4.69) is 17.3 Å². The standard InChI is InChI=1S/C13H18Cl2N2.ClH/c1-17(12-3-2-6-16-8-12)9-10-7-11(14)4-5-13(10)15;/h4-5,7,12,16H,2-3,6,8-9H2,1H3;1H. The van der Waals surface area contributed by atoms with E-state index in [-0.39, 0.29) is 12.4 Å². The number of hydrogen-bond acceptors (Lipinski definition) is 2. The van der Waals surface area contributed by atoms with E-state index >= 15 is 0 Å². The molecule has 0 amide bonds. The Bertz CT molecular complexity index is 378. The zero-order valence-corrected chi connectivity index (χ0v) is 12.8. The van der Waals surface area contributed by atoms with E-state index in [0.717, 1.165) is 35.2 Å². The number of likely N-dealkylation sites (N-methyl/N-ethyl adjacent to an activating group) is 1. The molecule has 2 nitrogen and oxygen atoms in total. The number of rotatable bonds is 3. The predicted octanol–water partition coefficient (Wildman–Crippen LogP) is 3.60. The van der Waals surface area contributed by atoms with E-state index < -0.39 is 0 Å². The summed E-state index contributed by atoms with van der Waals surface area (Å²) in [6.45, 7) is 3.06. The molecule has 0 aliphatic carbocycles. The van der Waals surface area contributed by atoms with Gasteiger partial charge in [0.05, 0.1) is 0 Å². The molecular weight excluding hydrogens is 291 g/mol. The van der Waals surface area contributed by atoms with Crippen molar-refractivity contribution in [3.63, 3.8) is 0 Å². The molecule has 1 N–H and O–H groups in total. The Morgan fingerprint density at radius 1 is 1.39 bits per heavy atom. The number of hydrogen-bond donors (Lipinski definition) is 1. The molecular formula is C13H19Cl3N2. The summed E-state index contributed by atoms with van der Waals surface area (Å²) in [4.78, 5) is 2.35. The van der Waals surface area contributed by atoms with Gasteiger partial charge in [0, 0.05) is 29.2 Å². The second-order valence-electron chi connectivity index (χ2n) is 4.65. The van der Waals surface area contributed by atoms with Crippen molar-refractivity contribution in [2.75, 3.05) is 20.1 Å². The lowest BCUT2D eigenvalue weighted by atomic mass is 10.1. The molecule has 1 aromatic carbocycles. The fraction of sp³-hybridized carbons (Fsp3) is 0.538. The quantitative estimate of drug-likeness (QED) is 0.918. The van der Waals surface area contributed by atoms with Crippen molar-refractivity contribution in [1.29, 1.82) is 0 Å². The Morgan fingerprint density at radius 3 is 2.83 bits per heavy atom. The third-order valence-corrected chi connectivity index (χ3v) is 3.93. The monoisotopic (exact) mass is 308 g/mol. The van der Waals surface area contributed by atoms with Gasteiger partial charge < -0.3 is 5.32 Å². The largest absolute Gasteiger partial charge is 0.315 e. The summed E-state index contributed by atoms with van der Waals surface area (Å²) in [5.41, 5.74) is 1.10. The highest BCUT2D eigenvalue weighted by Crippen LogP contribution is 2.23. The van der Waals surface area contributed by atoms with E-state index in [1.165, 1.54) is 12.8 Å². The second kappa shape index (κ2) is 7.56. The van der Waals surface area contributed by atoms with Gasteiger partial charge in [0.2, 0.25) is 0 Å². The SMILES string of the molecule is CN(Cc1cc(Cl)ccc1Cl)C1CCCNC1.Cl. The molecule has 0 radical (unpaired) electrons. The fourth-order valence-corrected chi connectivity index (χ4v) is 2.64. The van der Waals surface area contributed by atoms with Gasteiger partial charge in [-0.3, -0.25) is 4.90 Å². The molecule has 1 aromatic rings. The molecule has 18 heavy (non-hydrogen) atoms. The predicted molar refractivity (Wildman–Crippen MR) is 81.1 cm³/mol. The van der Waals surface area contributed by atoms with Gasteiger partial charge >= 0.3 is 0 Å². The van der Waals surface area contributed by atoms with Crippen LogP contribution in [-0.4, -0.2) is 31.1 Å². The summed E-state index contributed by atoms with van der Waals surface area (Å²) in [6, 6.07) is 6.25. The Morgan fingerprint density at radius 2 is 2.17 bits per heavy atom. The van der Waals surface area contributed by atoms with E-state index in [1.54, 1.807) is 0 Å². The summed E-state index contributed by atoms with van der Waals surface area (Å²) >= 11 is 12.2. The highest BCUT2D eigenvalue weighted by molar-refractivity contribution is 6.33. The molecule has 1 unspecified atom stereocenters. The topological polar surface area (TPSA) is 15.3 Å². The van der Waals surface area contributed by atoms with Crippen LogP contribution in [0.4, 0.5) is 0 Å². The molecule has 5 heteroatoms. The van der Waals surface area contributed by atoms with Crippen molar-refractivity contribution in [2.45, 2.75) is 25.4 Å². The molecule has 2 rings (SSSR count).